The first-order valence-electron chi connectivity index (χ1n) is 9.27. The molecular formula is C20H28N2O5. The molecule has 0 saturated carbocycles. The monoisotopic (exact) mass is 376 g/mol. The zero-order valence-corrected chi connectivity index (χ0v) is 16.1. The fourth-order valence-corrected chi connectivity index (χ4v) is 2.78. The third-order valence-electron chi connectivity index (χ3n) is 4.09. The van der Waals surface area contributed by atoms with Crippen LogP contribution in [0.25, 0.3) is 0 Å². The minimum Gasteiger partial charge on any atom is -0.444 e. The summed E-state index contributed by atoms with van der Waals surface area (Å²) in [5, 5.41) is 5.52. The lowest BCUT2D eigenvalue weighted by molar-refractivity contribution is -0.162. The van der Waals surface area contributed by atoms with Crippen LogP contribution in [0, 0.1) is 0 Å². The Morgan fingerprint density at radius 2 is 1.93 bits per heavy atom. The highest BCUT2D eigenvalue weighted by atomic mass is 16.6. The largest absolute Gasteiger partial charge is 0.444 e. The molecule has 1 saturated heterocycles. The van der Waals surface area contributed by atoms with Gasteiger partial charge < -0.3 is 20.1 Å². The minimum atomic E-state index is -0.967. The molecule has 1 amide bonds. The Balaban J connectivity index is 1.99. The van der Waals surface area contributed by atoms with Crippen LogP contribution in [0.2, 0.25) is 0 Å². The molecule has 0 radical (unpaired) electrons. The first kappa shape index (κ1) is 20.9. The van der Waals surface area contributed by atoms with Gasteiger partial charge in [0.05, 0.1) is 0 Å². The Bertz CT molecular complexity index is 648. The van der Waals surface area contributed by atoms with Crippen LogP contribution in [0.3, 0.4) is 0 Å². The SMILES string of the molecule is CC(C)(C)OC(=O)NC(CCc1ccccc1)C(=O)OC(=O)[C@@H]1CCCN1. The second kappa shape index (κ2) is 9.50. The fourth-order valence-electron chi connectivity index (χ4n) is 2.78. The van der Waals surface area contributed by atoms with Gasteiger partial charge in [-0.05, 0) is 58.6 Å². The first-order valence-corrected chi connectivity index (χ1v) is 9.27. The molecule has 1 unspecified atom stereocenters. The number of rotatable bonds is 6. The van der Waals surface area contributed by atoms with Crippen LogP contribution in [0.5, 0.6) is 0 Å². The molecule has 2 N–H and O–H groups in total. The van der Waals surface area contributed by atoms with E-state index in [1.165, 1.54) is 0 Å². The standard InChI is InChI=1S/C20H28N2O5/c1-20(2,3)27-19(25)22-16(12-11-14-8-5-4-6-9-14)18(24)26-17(23)15-10-7-13-21-15/h4-6,8-9,15-16,21H,7,10-13H2,1-3H3,(H,22,25)/t15-,16?/m0/s1. The molecule has 0 bridgehead atoms. The van der Waals surface area contributed by atoms with Gasteiger partial charge in [0, 0.05) is 0 Å². The predicted molar refractivity (Wildman–Crippen MR) is 100 cm³/mol. The molecule has 1 aliphatic heterocycles. The van der Waals surface area contributed by atoms with Gasteiger partial charge in [-0.3, -0.25) is 0 Å². The number of carbonyl (C=O) groups is 3. The Morgan fingerprint density at radius 3 is 2.52 bits per heavy atom. The van der Waals surface area contributed by atoms with Crippen molar-refractivity contribution in [1.29, 1.82) is 0 Å². The summed E-state index contributed by atoms with van der Waals surface area (Å²) in [4.78, 5) is 36.7. The Morgan fingerprint density at radius 1 is 1.22 bits per heavy atom. The quantitative estimate of drug-likeness (QED) is 0.585. The average molecular weight is 376 g/mol. The second-order valence-corrected chi connectivity index (χ2v) is 7.61. The lowest BCUT2D eigenvalue weighted by atomic mass is 10.1. The number of benzene rings is 1. The third kappa shape index (κ3) is 7.38. The number of carbonyl (C=O) groups excluding carboxylic acids is 3. The van der Waals surface area contributed by atoms with Gasteiger partial charge in [-0.15, -0.1) is 0 Å². The number of nitrogens with one attached hydrogen (secondary N) is 2. The Labute approximate surface area is 159 Å². The van der Waals surface area contributed by atoms with Crippen molar-refractivity contribution in [2.75, 3.05) is 6.54 Å². The normalized spacial score (nSPS) is 17.8. The molecule has 7 heteroatoms. The van der Waals surface area contributed by atoms with Gasteiger partial charge in [-0.1, -0.05) is 30.3 Å². The molecule has 2 atom stereocenters. The smallest absolute Gasteiger partial charge is 0.408 e. The summed E-state index contributed by atoms with van der Waals surface area (Å²) >= 11 is 0. The molecule has 0 aliphatic carbocycles. The van der Waals surface area contributed by atoms with Gasteiger partial charge in [0.25, 0.3) is 0 Å². The van der Waals surface area contributed by atoms with E-state index in [4.69, 9.17) is 9.47 Å². The Kier molecular flexibility index (Phi) is 7.36. The number of alkyl carbamates (subject to hydrolysis) is 1. The van der Waals surface area contributed by atoms with Crippen LogP contribution in [0.1, 0.15) is 45.6 Å². The maximum Gasteiger partial charge on any atom is 0.408 e. The van der Waals surface area contributed by atoms with Crippen molar-refractivity contribution in [3.63, 3.8) is 0 Å². The summed E-state index contributed by atoms with van der Waals surface area (Å²) in [6.45, 7) is 5.93. The highest BCUT2D eigenvalue weighted by Crippen LogP contribution is 2.12. The lowest BCUT2D eigenvalue weighted by Gasteiger charge is -2.23. The zero-order valence-electron chi connectivity index (χ0n) is 16.1. The minimum absolute atomic E-state index is 0.299. The molecule has 1 heterocycles. The molecular weight excluding hydrogens is 348 g/mol. The van der Waals surface area contributed by atoms with E-state index >= 15 is 0 Å². The summed E-state index contributed by atoms with van der Waals surface area (Å²) in [6.07, 6.45) is 1.63. The first-order chi connectivity index (χ1) is 12.7. The van der Waals surface area contributed by atoms with Crippen molar-refractivity contribution in [2.24, 2.45) is 0 Å². The zero-order chi connectivity index (χ0) is 19.9. The van der Waals surface area contributed by atoms with Crippen LogP contribution < -0.4 is 10.6 Å². The number of esters is 2. The molecule has 1 aromatic rings. The van der Waals surface area contributed by atoms with Crippen molar-refractivity contribution in [2.45, 2.75) is 64.1 Å². The molecule has 148 valence electrons. The van der Waals surface area contributed by atoms with Crippen LogP contribution in [0.4, 0.5) is 4.79 Å². The van der Waals surface area contributed by atoms with Crippen molar-refractivity contribution >= 4 is 18.0 Å². The molecule has 1 aromatic carbocycles. The van der Waals surface area contributed by atoms with Crippen molar-refractivity contribution in [3.05, 3.63) is 35.9 Å². The van der Waals surface area contributed by atoms with Gasteiger partial charge in [0.2, 0.25) is 0 Å². The Hall–Kier alpha value is -2.41. The van der Waals surface area contributed by atoms with Gasteiger partial charge >= 0.3 is 18.0 Å². The molecule has 0 aromatic heterocycles. The van der Waals surface area contributed by atoms with Gasteiger partial charge in [-0.25, -0.2) is 14.4 Å². The van der Waals surface area contributed by atoms with E-state index in [2.05, 4.69) is 10.6 Å². The summed E-state index contributed by atoms with van der Waals surface area (Å²) in [7, 11) is 0. The second-order valence-electron chi connectivity index (χ2n) is 7.61. The molecule has 7 nitrogen and oxygen atoms in total. The predicted octanol–water partition coefficient (Wildman–Crippen LogP) is 2.33. The highest BCUT2D eigenvalue weighted by molar-refractivity contribution is 5.92. The average Bonchev–Trinajstić information content (AvgIpc) is 3.12. The van der Waals surface area contributed by atoms with E-state index in [1.807, 2.05) is 30.3 Å². The summed E-state index contributed by atoms with van der Waals surface area (Å²) < 4.78 is 10.2. The molecule has 27 heavy (non-hydrogen) atoms. The van der Waals surface area contributed by atoms with Crippen molar-refractivity contribution in [1.82, 2.24) is 10.6 Å². The van der Waals surface area contributed by atoms with Crippen LogP contribution >= 0.6 is 0 Å². The van der Waals surface area contributed by atoms with Gasteiger partial charge in [0.15, 0.2) is 0 Å². The highest BCUT2D eigenvalue weighted by Gasteiger charge is 2.30. The number of ether oxygens (including phenoxy) is 2. The van der Waals surface area contributed by atoms with E-state index in [1.54, 1.807) is 20.8 Å². The molecule has 1 aliphatic rings. The van der Waals surface area contributed by atoms with E-state index in [-0.39, 0.29) is 0 Å². The number of hydrogen-bond acceptors (Lipinski definition) is 6. The topological polar surface area (TPSA) is 93.7 Å². The summed E-state index contributed by atoms with van der Waals surface area (Å²) in [5.41, 5.74) is 0.326. The fraction of sp³-hybridized carbons (Fsp3) is 0.550. The summed E-state index contributed by atoms with van der Waals surface area (Å²) in [6, 6.07) is 8.14. The summed E-state index contributed by atoms with van der Waals surface area (Å²) in [5.74, 6) is -1.37. The van der Waals surface area contributed by atoms with Crippen LogP contribution in [-0.4, -0.2) is 42.3 Å². The van der Waals surface area contributed by atoms with Crippen LogP contribution in [-0.2, 0) is 25.5 Å². The molecule has 2 rings (SSSR count). The lowest BCUT2D eigenvalue weighted by Crippen LogP contribution is -2.46. The molecule has 0 spiro atoms. The van der Waals surface area contributed by atoms with Gasteiger partial charge in [0.1, 0.15) is 17.7 Å². The number of hydrogen-bond donors (Lipinski definition) is 2. The van der Waals surface area contributed by atoms with E-state index < -0.39 is 35.7 Å². The van der Waals surface area contributed by atoms with E-state index in [0.29, 0.717) is 19.3 Å². The maximum atomic E-state index is 12.5. The third-order valence-corrected chi connectivity index (χ3v) is 4.09. The van der Waals surface area contributed by atoms with Crippen molar-refractivity contribution in [3.8, 4) is 0 Å². The molecule has 1 fully saturated rings. The van der Waals surface area contributed by atoms with Gasteiger partial charge in [-0.2, -0.15) is 0 Å². The maximum absolute atomic E-state index is 12.5. The number of amides is 1. The van der Waals surface area contributed by atoms with E-state index in [9.17, 15) is 14.4 Å². The van der Waals surface area contributed by atoms with Crippen LogP contribution in [0.15, 0.2) is 30.3 Å². The number of aryl methyl sites for hydroxylation is 1. The van der Waals surface area contributed by atoms with Crippen molar-refractivity contribution < 1.29 is 23.9 Å². The van der Waals surface area contributed by atoms with E-state index in [0.717, 1.165) is 18.5 Å².